The van der Waals surface area contributed by atoms with Gasteiger partial charge in [0, 0.05) is 25.7 Å². The highest BCUT2D eigenvalue weighted by atomic mass is 32.2. The van der Waals surface area contributed by atoms with E-state index in [1.165, 1.54) is 18.2 Å². The average molecular weight is 330 g/mol. The molecule has 22 heavy (non-hydrogen) atoms. The van der Waals surface area contributed by atoms with Crippen molar-refractivity contribution < 1.29 is 17.5 Å². The number of hydrogen-bond acceptors (Lipinski definition) is 4. The largest absolute Gasteiger partial charge is 0.379 e. The first kappa shape index (κ1) is 17.3. The molecule has 2 rings (SSSR count). The van der Waals surface area contributed by atoms with Crippen LogP contribution in [0.5, 0.6) is 0 Å². The number of morpholine rings is 1. The first-order valence-corrected chi connectivity index (χ1v) is 8.96. The highest BCUT2D eigenvalue weighted by molar-refractivity contribution is 7.89. The zero-order valence-electron chi connectivity index (χ0n) is 13.0. The molecule has 0 spiro atoms. The molecule has 1 aromatic carbocycles. The molecule has 0 radical (unpaired) electrons. The third-order valence-corrected chi connectivity index (χ3v) is 5.35. The lowest BCUT2D eigenvalue weighted by Gasteiger charge is -2.36. The molecular formula is C15H23FN2O3S. The summed E-state index contributed by atoms with van der Waals surface area (Å²) in [5, 5.41) is 0. The Morgan fingerprint density at radius 2 is 1.91 bits per heavy atom. The van der Waals surface area contributed by atoms with Crippen LogP contribution in [0, 0.1) is 11.7 Å². The van der Waals surface area contributed by atoms with Crippen LogP contribution in [0.1, 0.15) is 13.8 Å². The predicted molar refractivity (Wildman–Crippen MR) is 82.6 cm³/mol. The van der Waals surface area contributed by atoms with Gasteiger partial charge in [-0.15, -0.1) is 0 Å². The molecule has 1 atom stereocenters. The topological polar surface area (TPSA) is 58.6 Å². The van der Waals surface area contributed by atoms with Gasteiger partial charge < -0.3 is 4.74 Å². The Balaban J connectivity index is 2.07. The number of hydrogen-bond donors (Lipinski definition) is 1. The second-order valence-corrected chi connectivity index (χ2v) is 7.48. The molecule has 1 N–H and O–H groups in total. The first-order chi connectivity index (χ1) is 10.4. The van der Waals surface area contributed by atoms with E-state index in [1.54, 1.807) is 0 Å². The standard InChI is InChI=1S/C15H23FN2O3S/c1-12(2)14(18-7-9-21-10-8-18)11-17-22(19,20)15-6-4-3-5-13(15)16/h3-6,12,14,17H,7-11H2,1-2H3/t14-/m1/s1. The van der Waals surface area contributed by atoms with E-state index in [0.29, 0.717) is 13.2 Å². The van der Waals surface area contributed by atoms with Crippen LogP contribution in [0.4, 0.5) is 4.39 Å². The maximum atomic E-state index is 13.7. The van der Waals surface area contributed by atoms with Crippen molar-refractivity contribution in [2.45, 2.75) is 24.8 Å². The Morgan fingerprint density at radius 3 is 2.50 bits per heavy atom. The van der Waals surface area contributed by atoms with Gasteiger partial charge in [0.2, 0.25) is 10.0 Å². The normalized spacial score (nSPS) is 18.5. The second-order valence-electron chi connectivity index (χ2n) is 5.74. The number of sulfonamides is 1. The van der Waals surface area contributed by atoms with Crippen molar-refractivity contribution in [3.8, 4) is 0 Å². The van der Waals surface area contributed by atoms with E-state index in [1.807, 2.05) is 0 Å². The minimum absolute atomic E-state index is 0.0606. The third-order valence-electron chi connectivity index (χ3n) is 3.89. The Bertz CT molecular complexity index is 586. The van der Waals surface area contributed by atoms with Crippen molar-refractivity contribution in [1.29, 1.82) is 0 Å². The Kier molecular flexibility index (Phi) is 5.91. The van der Waals surface area contributed by atoms with E-state index in [9.17, 15) is 12.8 Å². The summed E-state index contributed by atoms with van der Waals surface area (Å²) in [7, 11) is -3.84. The van der Waals surface area contributed by atoms with E-state index in [2.05, 4.69) is 23.5 Å². The average Bonchev–Trinajstić information content (AvgIpc) is 2.48. The van der Waals surface area contributed by atoms with Gasteiger partial charge >= 0.3 is 0 Å². The minimum atomic E-state index is -3.84. The molecule has 1 aliphatic rings. The molecule has 0 aliphatic carbocycles. The molecule has 7 heteroatoms. The van der Waals surface area contributed by atoms with Crippen molar-refractivity contribution in [2.75, 3.05) is 32.8 Å². The van der Waals surface area contributed by atoms with Crippen LogP contribution >= 0.6 is 0 Å². The summed E-state index contributed by atoms with van der Waals surface area (Å²) in [6.07, 6.45) is 0. The summed E-state index contributed by atoms with van der Waals surface area (Å²) in [4.78, 5) is 1.91. The van der Waals surface area contributed by atoms with Crippen molar-refractivity contribution in [3.63, 3.8) is 0 Å². The molecule has 0 unspecified atom stereocenters. The van der Waals surface area contributed by atoms with Gasteiger partial charge in [-0.3, -0.25) is 4.90 Å². The molecule has 0 amide bonds. The summed E-state index contributed by atoms with van der Waals surface area (Å²) >= 11 is 0. The van der Waals surface area contributed by atoms with Gasteiger partial charge in [0.1, 0.15) is 10.7 Å². The van der Waals surface area contributed by atoms with Gasteiger partial charge in [0.25, 0.3) is 0 Å². The smallest absolute Gasteiger partial charge is 0.243 e. The lowest BCUT2D eigenvalue weighted by molar-refractivity contribution is 0.00776. The maximum Gasteiger partial charge on any atom is 0.243 e. The SMILES string of the molecule is CC(C)[C@@H](CNS(=O)(=O)c1ccccc1F)N1CCOCC1. The maximum absolute atomic E-state index is 13.7. The fourth-order valence-electron chi connectivity index (χ4n) is 2.63. The molecule has 1 aliphatic heterocycles. The number of rotatable bonds is 6. The van der Waals surface area contributed by atoms with Crippen LogP contribution in [-0.2, 0) is 14.8 Å². The number of ether oxygens (including phenoxy) is 1. The van der Waals surface area contributed by atoms with Gasteiger partial charge in [-0.25, -0.2) is 17.5 Å². The Hall–Kier alpha value is -1.02. The number of benzene rings is 1. The van der Waals surface area contributed by atoms with Gasteiger partial charge in [0.05, 0.1) is 13.2 Å². The number of halogens is 1. The van der Waals surface area contributed by atoms with E-state index < -0.39 is 15.8 Å². The highest BCUT2D eigenvalue weighted by Gasteiger charge is 2.26. The van der Waals surface area contributed by atoms with Crippen LogP contribution < -0.4 is 4.72 Å². The summed E-state index contributed by atoms with van der Waals surface area (Å²) in [5.74, 6) is -0.455. The summed E-state index contributed by atoms with van der Waals surface area (Å²) in [5.41, 5.74) is 0. The molecule has 5 nitrogen and oxygen atoms in total. The van der Waals surface area contributed by atoms with E-state index in [0.717, 1.165) is 19.2 Å². The molecule has 1 heterocycles. The lowest BCUT2D eigenvalue weighted by atomic mass is 10.0. The lowest BCUT2D eigenvalue weighted by Crippen LogP contribution is -2.51. The van der Waals surface area contributed by atoms with E-state index in [4.69, 9.17) is 4.74 Å². The van der Waals surface area contributed by atoms with Crippen LogP contribution in [0.3, 0.4) is 0 Å². The summed E-state index contributed by atoms with van der Waals surface area (Å²) < 4.78 is 46.1. The highest BCUT2D eigenvalue weighted by Crippen LogP contribution is 2.16. The van der Waals surface area contributed by atoms with Gasteiger partial charge in [0.15, 0.2) is 0 Å². The quantitative estimate of drug-likeness (QED) is 0.858. The number of nitrogens with zero attached hydrogens (tertiary/aromatic N) is 1. The molecule has 0 bridgehead atoms. The van der Waals surface area contributed by atoms with Gasteiger partial charge in [-0.1, -0.05) is 26.0 Å². The van der Waals surface area contributed by atoms with Crippen LogP contribution in [0.25, 0.3) is 0 Å². The summed E-state index contributed by atoms with van der Waals surface area (Å²) in [6, 6.07) is 5.47. The monoisotopic (exact) mass is 330 g/mol. The Morgan fingerprint density at radius 1 is 1.27 bits per heavy atom. The zero-order chi connectivity index (χ0) is 16.2. The van der Waals surface area contributed by atoms with E-state index in [-0.39, 0.29) is 23.4 Å². The summed E-state index contributed by atoms with van der Waals surface area (Å²) in [6.45, 7) is 7.24. The fraction of sp³-hybridized carbons (Fsp3) is 0.600. The molecule has 0 aromatic heterocycles. The van der Waals surface area contributed by atoms with Crippen molar-refractivity contribution >= 4 is 10.0 Å². The molecular weight excluding hydrogens is 307 g/mol. The second kappa shape index (κ2) is 7.50. The van der Waals surface area contributed by atoms with Gasteiger partial charge in [-0.2, -0.15) is 0 Å². The van der Waals surface area contributed by atoms with Crippen LogP contribution in [-0.4, -0.2) is 52.2 Å². The van der Waals surface area contributed by atoms with Gasteiger partial charge in [-0.05, 0) is 18.1 Å². The molecule has 124 valence electrons. The van der Waals surface area contributed by atoms with Crippen molar-refractivity contribution in [3.05, 3.63) is 30.1 Å². The first-order valence-electron chi connectivity index (χ1n) is 7.48. The minimum Gasteiger partial charge on any atom is -0.379 e. The Labute approximate surface area is 131 Å². The van der Waals surface area contributed by atoms with E-state index >= 15 is 0 Å². The van der Waals surface area contributed by atoms with Crippen LogP contribution in [0.15, 0.2) is 29.2 Å². The predicted octanol–water partition coefficient (Wildman–Crippen LogP) is 1.46. The molecule has 1 aromatic rings. The zero-order valence-corrected chi connectivity index (χ0v) is 13.8. The molecule has 1 fully saturated rings. The number of nitrogens with one attached hydrogen (secondary N) is 1. The van der Waals surface area contributed by atoms with Crippen molar-refractivity contribution in [1.82, 2.24) is 9.62 Å². The molecule has 0 saturated carbocycles. The third kappa shape index (κ3) is 4.25. The van der Waals surface area contributed by atoms with Crippen molar-refractivity contribution in [2.24, 2.45) is 5.92 Å². The fourth-order valence-corrected chi connectivity index (χ4v) is 3.76. The van der Waals surface area contributed by atoms with Crippen LogP contribution in [0.2, 0.25) is 0 Å². The molecule has 1 saturated heterocycles.